The standard InChI is InChI=1S/C14H13N3OS.ClH/c15-14(5-1-6-14)13-16-12(18-17-13)10-2-3-11-9(8-10)4-7-19-11;/h2-4,7-8H,1,5-6,15H2;1H. The van der Waals surface area contributed by atoms with E-state index in [1.54, 1.807) is 11.3 Å². The van der Waals surface area contributed by atoms with Gasteiger partial charge in [0.1, 0.15) is 0 Å². The summed E-state index contributed by atoms with van der Waals surface area (Å²) < 4.78 is 6.62. The van der Waals surface area contributed by atoms with Crippen LogP contribution in [0.5, 0.6) is 0 Å². The molecule has 3 aromatic rings. The van der Waals surface area contributed by atoms with Crippen LogP contribution < -0.4 is 5.73 Å². The number of nitrogens with two attached hydrogens (primary N) is 1. The fraction of sp³-hybridized carbons (Fsp3) is 0.286. The molecule has 1 aliphatic carbocycles. The van der Waals surface area contributed by atoms with E-state index in [2.05, 4.69) is 33.7 Å². The normalized spacial score (nSPS) is 16.6. The van der Waals surface area contributed by atoms with Crippen molar-refractivity contribution in [1.82, 2.24) is 10.1 Å². The highest BCUT2D eigenvalue weighted by molar-refractivity contribution is 7.17. The van der Waals surface area contributed by atoms with Gasteiger partial charge in [0.05, 0.1) is 5.54 Å². The van der Waals surface area contributed by atoms with Crippen molar-refractivity contribution in [3.8, 4) is 11.5 Å². The lowest BCUT2D eigenvalue weighted by molar-refractivity contribution is 0.229. The zero-order valence-electron chi connectivity index (χ0n) is 10.7. The van der Waals surface area contributed by atoms with Gasteiger partial charge in [-0.1, -0.05) is 5.16 Å². The SMILES string of the molecule is Cl.NC1(c2noc(-c3ccc4sccc4c3)n2)CCC1. The first-order valence-electron chi connectivity index (χ1n) is 6.35. The first-order valence-corrected chi connectivity index (χ1v) is 7.23. The maximum absolute atomic E-state index is 6.21. The molecular formula is C14H14ClN3OS. The van der Waals surface area contributed by atoms with Gasteiger partial charge in [-0.3, -0.25) is 0 Å². The van der Waals surface area contributed by atoms with Crippen molar-refractivity contribution in [2.75, 3.05) is 0 Å². The summed E-state index contributed by atoms with van der Waals surface area (Å²) >= 11 is 1.73. The predicted molar refractivity (Wildman–Crippen MR) is 82.1 cm³/mol. The number of rotatable bonds is 2. The van der Waals surface area contributed by atoms with Crippen molar-refractivity contribution in [2.24, 2.45) is 5.73 Å². The van der Waals surface area contributed by atoms with Gasteiger partial charge < -0.3 is 10.3 Å². The zero-order valence-corrected chi connectivity index (χ0v) is 12.3. The molecule has 0 radical (unpaired) electrons. The van der Waals surface area contributed by atoms with Crippen molar-refractivity contribution in [2.45, 2.75) is 24.8 Å². The third-order valence-electron chi connectivity index (χ3n) is 3.82. The van der Waals surface area contributed by atoms with Crippen molar-refractivity contribution in [3.63, 3.8) is 0 Å². The third-order valence-corrected chi connectivity index (χ3v) is 4.71. The van der Waals surface area contributed by atoms with Gasteiger partial charge in [-0.2, -0.15) is 4.98 Å². The molecule has 104 valence electrons. The largest absolute Gasteiger partial charge is 0.334 e. The van der Waals surface area contributed by atoms with E-state index in [4.69, 9.17) is 10.3 Å². The Kier molecular flexibility index (Phi) is 3.28. The first kappa shape index (κ1) is 13.5. The molecule has 0 saturated heterocycles. The van der Waals surface area contributed by atoms with Crippen LogP contribution in [-0.2, 0) is 5.54 Å². The Morgan fingerprint density at radius 2 is 2.10 bits per heavy atom. The number of hydrogen-bond acceptors (Lipinski definition) is 5. The van der Waals surface area contributed by atoms with E-state index in [1.165, 1.54) is 10.1 Å². The number of nitrogens with zero attached hydrogens (tertiary/aromatic N) is 2. The number of halogens is 1. The maximum atomic E-state index is 6.21. The Morgan fingerprint density at radius 3 is 2.85 bits per heavy atom. The Labute approximate surface area is 126 Å². The highest BCUT2D eigenvalue weighted by atomic mass is 35.5. The van der Waals surface area contributed by atoms with Crippen LogP contribution in [0.2, 0.25) is 0 Å². The highest BCUT2D eigenvalue weighted by Crippen LogP contribution is 2.37. The number of benzene rings is 1. The molecule has 0 bridgehead atoms. The van der Waals surface area contributed by atoms with Crippen LogP contribution in [0.3, 0.4) is 0 Å². The van der Waals surface area contributed by atoms with Crippen molar-refractivity contribution < 1.29 is 4.52 Å². The van der Waals surface area contributed by atoms with E-state index in [1.807, 2.05) is 6.07 Å². The van der Waals surface area contributed by atoms with Crippen LogP contribution in [0.15, 0.2) is 34.2 Å². The van der Waals surface area contributed by atoms with Gasteiger partial charge in [0, 0.05) is 10.3 Å². The summed E-state index contributed by atoms with van der Waals surface area (Å²) in [7, 11) is 0. The van der Waals surface area contributed by atoms with Crippen LogP contribution in [-0.4, -0.2) is 10.1 Å². The molecule has 20 heavy (non-hydrogen) atoms. The molecule has 2 N–H and O–H groups in total. The van der Waals surface area contributed by atoms with E-state index < -0.39 is 0 Å². The topological polar surface area (TPSA) is 64.9 Å². The second-order valence-electron chi connectivity index (χ2n) is 5.11. The molecule has 0 amide bonds. The number of aromatic nitrogens is 2. The van der Waals surface area contributed by atoms with Gasteiger partial charge in [-0.05, 0) is 54.3 Å². The average molecular weight is 308 g/mol. The lowest BCUT2D eigenvalue weighted by Gasteiger charge is -2.34. The Bertz CT molecular complexity index is 748. The van der Waals surface area contributed by atoms with Gasteiger partial charge in [0.25, 0.3) is 5.89 Å². The molecule has 6 heteroatoms. The molecule has 1 fully saturated rings. The quantitative estimate of drug-likeness (QED) is 0.784. The summed E-state index contributed by atoms with van der Waals surface area (Å²) in [5.74, 6) is 1.19. The van der Waals surface area contributed by atoms with Crippen LogP contribution in [0.25, 0.3) is 21.5 Å². The minimum Gasteiger partial charge on any atom is -0.334 e. The summed E-state index contributed by atoms with van der Waals surface area (Å²) in [4.78, 5) is 4.47. The van der Waals surface area contributed by atoms with Crippen LogP contribution >= 0.6 is 23.7 Å². The minimum atomic E-state index is -0.367. The first-order chi connectivity index (χ1) is 9.24. The number of hydrogen-bond donors (Lipinski definition) is 1. The molecule has 1 saturated carbocycles. The zero-order chi connectivity index (χ0) is 12.9. The van der Waals surface area contributed by atoms with Crippen LogP contribution in [0.4, 0.5) is 0 Å². The fourth-order valence-electron chi connectivity index (χ4n) is 2.42. The second kappa shape index (κ2) is 4.84. The maximum Gasteiger partial charge on any atom is 0.258 e. The molecule has 4 nitrogen and oxygen atoms in total. The summed E-state index contributed by atoms with van der Waals surface area (Å²) in [6, 6.07) is 8.27. The van der Waals surface area contributed by atoms with Crippen molar-refractivity contribution in [1.29, 1.82) is 0 Å². The Hall–Kier alpha value is -1.43. The van der Waals surface area contributed by atoms with E-state index in [0.29, 0.717) is 11.7 Å². The molecular weight excluding hydrogens is 294 g/mol. The summed E-state index contributed by atoms with van der Waals surface area (Å²) in [6.07, 6.45) is 3.02. The van der Waals surface area contributed by atoms with Gasteiger partial charge in [0.15, 0.2) is 5.82 Å². The van der Waals surface area contributed by atoms with Crippen LogP contribution in [0, 0.1) is 0 Å². The molecule has 2 aromatic heterocycles. The van der Waals surface area contributed by atoms with Crippen molar-refractivity contribution in [3.05, 3.63) is 35.5 Å². The summed E-state index contributed by atoms with van der Waals surface area (Å²) in [5, 5.41) is 7.33. The Morgan fingerprint density at radius 1 is 1.25 bits per heavy atom. The highest BCUT2D eigenvalue weighted by Gasteiger charge is 2.39. The second-order valence-corrected chi connectivity index (χ2v) is 6.05. The van der Waals surface area contributed by atoms with E-state index in [9.17, 15) is 0 Å². The monoisotopic (exact) mass is 307 g/mol. The minimum absolute atomic E-state index is 0. The molecule has 0 aliphatic heterocycles. The van der Waals surface area contributed by atoms with Gasteiger partial charge in [-0.25, -0.2) is 0 Å². The lowest BCUT2D eigenvalue weighted by Crippen LogP contribution is -2.44. The molecule has 0 spiro atoms. The third kappa shape index (κ3) is 2.02. The van der Waals surface area contributed by atoms with Gasteiger partial charge in [0.2, 0.25) is 0 Å². The summed E-state index contributed by atoms with van der Waals surface area (Å²) in [6.45, 7) is 0. The van der Waals surface area contributed by atoms with Gasteiger partial charge >= 0.3 is 0 Å². The molecule has 1 aliphatic rings. The fourth-order valence-corrected chi connectivity index (χ4v) is 3.19. The van der Waals surface area contributed by atoms with E-state index >= 15 is 0 Å². The summed E-state index contributed by atoms with van der Waals surface area (Å²) in [5.41, 5.74) is 6.79. The smallest absolute Gasteiger partial charge is 0.258 e. The molecule has 1 aromatic carbocycles. The van der Waals surface area contributed by atoms with Crippen LogP contribution in [0.1, 0.15) is 25.1 Å². The predicted octanol–water partition coefficient (Wildman–Crippen LogP) is 3.71. The lowest BCUT2D eigenvalue weighted by atomic mass is 9.77. The molecule has 4 rings (SSSR count). The van der Waals surface area contributed by atoms with Crippen molar-refractivity contribution >= 4 is 33.8 Å². The number of fused-ring (bicyclic) bond motifs is 1. The van der Waals surface area contributed by atoms with E-state index in [-0.39, 0.29) is 17.9 Å². The molecule has 0 atom stereocenters. The number of thiophene rings is 1. The molecule has 0 unspecified atom stereocenters. The Balaban J connectivity index is 0.00000121. The van der Waals surface area contributed by atoms with E-state index in [0.717, 1.165) is 24.8 Å². The average Bonchev–Trinajstić information content (AvgIpc) is 3.03. The van der Waals surface area contributed by atoms with Gasteiger partial charge in [-0.15, -0.1) is 23.7 Å². The molecule has 2 heterocycles.